The first-order valence-corrected chi connectivity index (χ1v) is 10.4. The third-order valence-corrected chi connectivity index (χ3v) is 6.32. The highest BCUT2D eigenvalue weighted by atomic mass is 16.5. The SMILES string of the molecule is CNC(=O)c1ccc(N2[C@@H]3CC[C@H]2C[C@@H](NC(=O)c2cccc(OC)c2C)C3)nc1. The van der Waals surface area contributed by atoms with E-state index in [1.807, 2.05) is 37.3 Å². The van der Waals surface area contributed by atoms with Gasteiger partial charge in [0.1, 0.15) is 11.6 Å². The number of rotatable bonds is 5. The molecule has 2 amide bonds. The number of carbonyl (C=O) groups is 2. The van der Waals surface area contributed by atoms with Crippen LogP contribution in [0.1, 0.15) is 52.0 Å². The minimum absolute atomic E-state index is 0.0442. The maximum Gasteiger partial charge on any atom is 0.252 e. The molecule has 2 aliphatic rings. The lowest BCUT2D eigenvalue weighted by Gasteiger charge is -2.40. The smallest absolute Gasteiger partial charge is 0.252 e. The Hall–Kier alpha value is -3.09. The molecule has 1 aromatic heterocycles. The molecule has 2 aliphatic heterocycles. The summed E-state index contributed by atoms with van der Waals surface area (Å²) in [7, 11) is 3.23. The number of hydrogen-bond acceptors (Lipinski definition) is 5. The van der Waals surface area contributed by atoms with Crippen LogP contribution in [0.2, 0.25) is 0 Å². The fourth-order valence-corrected chi connectivity index (χ4v) is 4.83. The molecule has 0 spiro atoms. The number of nitrogens with zero attached hydrogens (tertiary/aromatic N) is 2. The van der Waals surface area contributed by atoms with Crippen molar-refractivity contribution in [3.63, 3.8) is 0 Å². The molecule has 1 aromatic carbocycles. The van der Waals surface area contributed by atoms with Gasteiger partial charge in [0.25, 0.3) is 11.8 Å². The molecule has 2 aromatic rings. The molecule has 0 aliphatic carbocycles. The van der Waals surface area contributed by atoms with E-state index in [0.717, 1.165) is 42.8 Å². The van der Waals surface area contributed by atoms with E-state index in [1.165, 1.54) is 0 Å². The van der Waals surface area contributed by atoms with Gasteiger partial charge < -0.3 is 20.3 Å². The van der Waals surface area contributed by atoms with Crippen LogP contribution in [0.5, 0.6) is 5.75 Å². The Morgan fingerprint density at radius 3 is 2.43 bits per heavy atom. The van der Waals surface area contributed by atoms with Crippen LogP contribution in [0.3, 0.4) is 0 Å². The number of aromatic nitrogens is 1. The van der Waals surface area contributed by atoms with Gasteiger partial charge in [0.15, 0.2) is 0 Å². The first-order valence-electron chi connectivity index (χ1n) is 10.4. The van der Waals surface area contributed by atoms with Crippen LogP contribution < -0.4 is 20.3 Å². The summed E-state index contributed by atoms with van der Waals surface area (Å²) in [6.45, 7) is 1.91. The molecule has 30 heavy (non-hydrogen) atoms. The van der Waals surface area contributed by atoms with Gasteiger partial charge in [0.05, 0.1) is 12.7 Å². The lowest BCUT2D eigenvalue weighted by Crippen LogP contribution is -2.50. The zero-order valence-corrected chi connectivity index (χ0v) is 17.6. The number of methoxy groups -OCH3 is 1. The van der Waals surface area contributed by atoms with Crippen LogP contribution in [0.4, 0.5) is 5.82 Å². The molecule has 2 fully saturated rings. The zero-order valence-electron chi connectivity index (χ0n) is 17.6. The van der Waals surface area contributed by atoms with E-state index in [4.69, 9.17) is 4.74 Å². The second-order valence-electron chi connectivity index (χ2n) is 8.05. The summed E-state index contributed by atoms with van der Waals surface area (Å²) in [4.78, 5) is 31.6. The average Bonchev–Trinajstić information content (AvgIpc) is 3.03. The van der Waals surface area contributed by atoms with E-state index < -0.39 is 0 Å². The molecule has 2 saturated heterocycles. The fraction of sp³-hybridized carbons (Fsp3) is 0.435. The molecule has 2 bridgehead atoms. The highest BCUT2D eigenvalue weighted by Gasteiger charge is 2.41. The molecule has 7 nitrogen and oxygen atoms in total. The number of nitrogens with one attached hydrogen (secondary N) is 2. The summed E-state index contributed by atoms with van der Waals surface area (Å²) >= 11 is 0. The number of hydrogen-bond donors (Lipinski definition) is 2. The monoisotopic (exact) mass is 408 g/mol. The van der Waals surface area contributed by atoms with E-state index in [2.05, 4.69) is 20.5 Å². The highest BCUT2D eigenvalue weighted by Crippen LogP contribution is 2.38. The third kappa shape index (κ3) is 3.72. The van der Waals surface area contributed by atoms with Crippen molar-refractivity contribution in [2.45, 2.75) is 50.7 Å². The normalized spacial score (nSPS) is 22.5. The summed E-state index contributed by atoms with van der Waals surface area (Å²) in [6, 6.07) is 10.1. The lowest BCUT2D eigenvalue weighted by atomic mass is 9.96. The number of fused-ring (bicyclic) bond motifs is 2. The molecular weight excluding hydrogens is 380 g/mol. The van der Waals surface area contributed by atoms with Crippen molar-refractivity contribution in [2.24, 2.45) is 0 Å². The predicted octanol–water partition coefficient (Wildman–Crippen LogP) is 2.69. The van der Waals surface area contributed by atoms with Gasteiger partial charge in [0.2, 0.25) is 0 Å². The lowest BCUT2D eigenvalue weighted by molar-refractivity contribution is 0.0924. The van der Waals surface area contributed by atoms with E-state index in [1.54, 1.807) is 20.4 Å². The molecule has 7 heteroatoms. The van der Waals surface area contributed by atoms with Crippen molar-refractivity contribution in [3.8, 4) is 5.75 Å². The van der Waals surface area contributed by atoms with Gasteiger partial charge in [-0.1, -0.05) is 6.07 Å². The van der Waals surface area contributed by atoms with Gasteiger partial charge in [-0.3, -0.25) is 9.59 Å². The third-order valence-electron chi connectivity index (χ3n) is 6.32. The maximum atomic E-state index is 12.9. The first-order chi connectivity index (χ1) is 14.5. The largest absolute Gasteiger partial charge is 0.496 e. The van der Waals surface area contributed by atoms with Crippen LogP contribution in [-0.4, -0.2) is 49.1 Å². The summed E-state index contributed by atoms with van der Waals surface area (Å²) < 4.78 is 5.34. The molecule has 0 unspecified atom stereocenters. The summed E-state index contributed by atoms with van der Waals surface area (Å²) in [5.41, 5.74) is 2.08. The molecule has 158 valence electrons. The number of pyridine rings is 1. The second kappa shape index (κ2) is 8.34. The number of carbonyl (C=O) groups excluding carboxylic acids is 2. The second-order valence-corrected chi connectivity index (χ2v) is 8.05. The van der Waals surface area contributed by atoms with Crippen molar-refractivity contribution in [1.82, 2.24) is 15.6 Å². The van der Waals surface area contributed by atoms with Crippen molar-refractivity contribution in [2.75, 3.05) is 19.1 Å². The van der Waals surface area contributed by atoms with E-state index >= 15 is 0 Å². The molecule has 4 rings (SSSR count). The van der Waals surface area contributed by atoms with Crippen molar-refractivity contribution in [1.29, 1.82) is 0 Å². The quantitative estimate of drug-likeness (QED) is 0.795. The Bertz CT molecular complexity index is 930. The Morgan fingerprint density at radius 1 is 1.10 bits per heavy atom. The van der Waals surface area contributed by atoms with Crippen molar-refractivity contribution >= 4 is 17.6 Å². The minimum atomic E-state index is -0.133. The molecule has 2 N–H and O–H groups in total. The summed E-state index contributed by atoms with van der Waals surface area (Å²) in [5, 5.41) is 5.86. The molecule has 3 atom stereocenters. The van der Waals surface area contributed by atoms with Gasteiger partial charge in [-0.2, -0.15) is 0 Å². The Labute approximate surface area is 176 Å². The Kier molecular flexibility index (Phi) is 5.61. The van der Waals surface area contributed by atoms with Crippen LogP contribution in [0.25, 0.3) is 0 Å². The maximum absolute atomic E-state index is 12.9. The van der Waals surface area contributed by atoms with Gasteiger partial charge in [-0.15, -0.1) is 0 Å². The van der Waals surface area contributed by atoms with Crippen molar-refractivity contribution < 1.29 is 14.3 Å². The zero-order chi connectivity index (χ0) is 21.3. The fourth-order valence-electron chi connectivity index (χ4n) is 4.83. The van der Waals surface area contributed by atoms with Gasteiger partial charge in [0, 0.05) is 42.5 Å². The first kappa shape index (κ1) is 20.2. The number of ether oxygens (including phenoxy) is 1. The molecule has 0 saturated carbocycles. The van der Waals surface area contributed by atoms with Crippen molar-refractivity contribution in [3.05, 3.63) is 53.2 Å². The van der Waals surface area contributed by atoms with E-state index in [-0.39, 0.29) is 17.9 Å². The van der Waals surface area contributed by atoms with Gasteiger partial charge >= 0.3 is 0 Å². The number of anilines is 1. The highest BCUT2D eigenvalue weighted by molar-refractivity contribution is 5.96. The molecule has 3 heterocycles. The topological polar surface area (TPSA) is 83.6 Å². The Morgan fingerprint density at radius 2 is 1.83 bits per heavy atom. The van der Waals surface area contributed by atoms with Crippen LogP contribution >= 0.6 is 0 Å². The van der Waals surface area contributed by atoms with E-state index in [9.17, 15) is 9.59 Å². The summed E-state index contributed by atoms with van der Waals surface area (Å²) in [6.07, 6.45) is 5.60. The predicted molar refractivity (Wildman–Crippen MR) is 115 cm³/mol. The minimum Gasteiger partial charge on any atom is -0.496 e. The van der Waals surface area contributed by atoms with Crippen LogP contribution in [0, 0.1) is 6.92 Å². The van der Waals surface area contributed by atoms with Crippen LogP contribution in [0.15, 0.2) is 36.5 Å². The standard InChI is InChI=1S/C23H28N4O3/c1-14-19(5-4-6-20(14)30-3)23(29)26-16-11-17-8-9-18(12-16)27(17)21-10-7-15(13-25-21)22(28)24-2/h4-7,10,13,16-18H,8-9,11-12H2,1-3H3,(H,24,28)(H,26,29)/t16-,17+,18-. The Balaban J connectivity index is 1.44. The van der Waals surface area contributed by atoms with Gasteiger partial charge in [-0.25, -0.2) is 4.98 Å². The average molecular weight is 409 g/mol. The molecular formula is C23H28N4O3. The molecule has 0 radical (unpaired) electrons. The number of benzene rings is 1. The van der Waals surface area contributed by atoms with E-state index in [0.29, 0.717) is 23.2 Å². The summed E-state index contributed by atoms with van der Waals surface area (Å²) in [5.74, 6) is 1.45. The van der Waals surface area contributed by atoms with Crippen LogP contribution in [-0.2, 0) is 0 Å². The van der Waals surface area contributed by atoms with Gasteiger partial charge in [-0.05, 0) is 56.9 Å². The number of piperidine rings is 1. The number of amides is 2.